The molecule has 1 fully saturated rings. The number of aliphatic hydroxyl groups is 1. The molecule has 1 saturated carbocycles. The van der Waals surface area contributed by atoms with Crippen LogP contribution in [0.5, 0.6) is 0 Å². The van der Waals surface area contributed by atoms with Gasteiger partial charge >= 0.3 is 0 Å². The Morgan fingerprint density at radius 3 is 2.58 bits per heavy atom. The van der Waals surface area contributed by atoms with Gasteiger partial charge in [0.25, 0.3) is 0 Å². The van der Waals surface area contributed by atoms with E-state index in [1.165, 1.54) is 5.56 Å². The molecule has 0 heterocycles. The lowest BCUT2D eigenvalue weighted by molar-refractivity contribution is 0.108. The number of nitrogens with one attached hydrogen (secondary N) is 1. The van der Waals surface area contributed by atoms with Crippen LogP contribution in [0, 0.1) is 5.92 Å². The summed E-state index contributed by atoms with van der Waals surface area (Å²) >= 11 is 7.10. The van der Waals surface area contributed by atoms with E-state index < -0.39 is 0 Å². The standard InChI is InChI=1S/C15H21Br2NO/c1-10(14-7-4-12(16)8-15(14)17)18-9-11-2-5-13(19)6-3-11/h4,7-8,10-11,13,18-19H,2-3,5-6,9H2,1H3. The van der Waals surface area contributed by atoms with Gasteiger partial charge in [0, 0.05) is 15.0 Å². The molecule has 2 N–H and O–H groups in total. The molecule has 0 bridgehead atoms. The molecule has 1 aromatic carbocycles. The highest BCUT2D eigenvalue weighted by atomic mass is 79.9. The Morgan fingerprint density at radius 1 is 1.26 bits per heavy atom. The second kappa shape index (κ2) is 7.21. The number of benzene rings is 1. The van der Waals surface area contributed by atoms with E-state index in [1.807, 2.05) is 0 Å². The molecular weight excluding hydrogens is 370 g/mol. The first kappa shape index (κ1) is 15.5. The highest BCUT2D eigenvalue weighted by molar-refractivity contribution is 9.11. The van der Waals surface area contributed by atoms with Gasteiger partial charge in [0.1, 0.15) is 0 Å². The third-order valence-electron chi connectivity index (χ3n) is 3.96. The largest absolute Gasteiger partial charge is 0.393 e. The molecule has 0 aromatic heterocycles. The van der Waals surface area contributed by atoms with E-state index in [0.29, 0.717) is 12.0 Å². The minimum Gasteiger partial charge on any atom is -0.393 e. The molecule has 2 nitrogen and oxygen atoms in total. The fourth-order valence-corrected chi connectivity index (χ4v) is 4.05. The summed E-state index contributed by atoms with van der Waals surface area (Å²) in [5.41, 5.74) is 1.29. The van der Waals surface area contributed by atoms with Gasteiger partial charge in [-0.1, -0.05) is 37.9 Å². The van der Waals surface area contributed by atoms with Gasteiger partial charge in [0.15, 0.2) is 0 Å². The Kier molecular flexibility index (Phi) is 5.87. The van der Waals surface area contributed by atoms with Gasteiger partial charge in [0.05, 0.1) is 6.10 Å². The summed E-state index contributed by atoms with van der Waals surface area (Å²) in [5, 5.41) is 13.1. The van der Waals surface area contributed by atoms with Crippen molar-refractivity contribution in [2.24, 2.45) is 5.92 Å². The van der Waals surface area contributed by atoms with Crippen molar-refractivity contribution in [2.75, 3.05) is 6.54 Å². The van der Waals surface area contributed by atoms with Crippen molar-refractivity contribution >= 4 is 31.9 Å². The minimum absolute atomic E-state index is 0.0608. The van der Waals surface area contributed by atoms with Crippen molar-refractivity contribution in [3.05, 3.63) is 32.7 Å². The number of hydrogen-bond acceptors (Lipinski definition) is 2. The molecule has 0 radical (unpaired) electrons. The quantitative estimate of drug-likeness (QED) is 0.797. The van der Waals surface area contributed by atoms with Gasteiger partial charge in [-0.25, -0.2) is 0 Å². The van der Waals surface area contributed by atoms with Crippen LogP contribution >= 0.6 is 31.9 Å². The third kappa shape index (κ3) is 4.55. The molecule has 106 valence electrons. The zero-order valence-corrected chi connectivity index (χ0v) is 14.4. The summed E-state index contributed by atoms with van der Waals surface area (Å²) in [6.07, 6.45) is 4.14. The van der Waals surface area contributed by atoms with Gasteiger partial charge in [-0.2, -0.15) is 0 Å². The first-order chi connectivity index (χ1) is 9.06. The number of aliphatic hydroxyl groups excluding tert-OH is 1. The van der Waals surface area contributed by atoms with E-state index >= 15 is 0 Å². The molecule has 2 rings (SSSR count). The number of rotatable bonds is 4. The molecule has 0 aliphatic heterocycles. The lowest BCUT2D eigenvalue weighted by Gasteiger charge is -2.27. The van der Waals surface area contributed by atoms with Gasteiger partial charge in [-0.15, -0.1) is 0 Å². The van der Waals surface area contributed by atoms with E-state index in [9.17, 15) is 5.11 Å². The lowest BCUT2D eigenvalue weighted by atomic mass is 9.87. The summed E-state index contributed by atoms with van der Waals surface area (Å²) in [7, 11) is 0. The van der Waals surface area contributed by atoms with E-state index in [1.54, 1.807) is 0 Å². The average molecular weight is 391 g/mol. The average Bonchev–Trinajstić information content (AvgIpc) is 2.37. The fourth-order valence-electron chi connectivity index (χ4n) is 2.66. The molecule has 1 atom stereocenters. The first-order valence-electron chi connectivity index (χ1n) is 6.92. The van der Waals surface area contributed by atoms with Crippen LogP contribution in [-0.2, 0) is 0 Å². The van der Waals surface area contributed by atoms with Crippen molar-refractivity contribution in [1.82, 2.24) is 5.32 Å². The van der Waals surface area contributed by atoms with Crippen LogP contribution in [0.15, 0.2) is 27.1 Å². The maximum absolute atomic E-state index is 9.51. The summed E-state index contributed by atoms with van der Waals surface area (Å²) in [4.78, 5) is 0. The van der Waals surface area contributed by atoms with Gasteiger partial charge in [-0.3, -0.25) is 0 Å². The molecular formula is C15H21Br2NO. The zero-order chi connectivity index (χ0) is 13.8. The SMILES string of the molecule is CC(NCC1CCC(O)CC1)c1ccc(Br)cc1Br. The Hall–Kier alpha value is 0.1000. The zero-order valence-electron chi connectivity index (χ0n) is 11.2. The lowest BCUT2D eigenvalue weighted by Crippen LogP contribution is -2.29. The Morgan fingerprint density at radius 2 is 1.95 bits per heavy atom. The highest BCUT2D eigenvalue weighted by Crippen LogP contribution is 2.28. The monoisotopic (exact) mass is 389 g/mol. The maximum atomic E-state index is 9.51. The fraction of sp³-hybridized carbons (Fsp3) is 0.600. The molecule has 1 unspecified atom stereocenters. The predicted molar refractivity (Wildman–Crippen MR) is 86.2 cm³/mol. The maximum Gasteiger partial charge on any atom is 0.0540 e. The second-order valence-corrected chi connectivity index (χ2v) is 7.24. The Bertz CT molecular complexity index is 417. The van der Waals surface area contributed by atoms with Crippen LogP contribution in [0.2, 0.25) is 0 Å². The van der Waals surface area contributed by atoms with Crippen molar-refractivity contribution in [1.29, 1.82) is 0 Å². The normalized spacial score (nSPS) is 25.3. The summed E-state index contributed by atoms with van der Waals surface area (Å²) in [6.45, 7) is 3.24. The summed E-state index contributed by atoms with van der Waals surface area (Å²) < 4.78 is 2.23. The van der Waals surface area contributed by atoms with Crippen LogP contribution < -0.4 is 5.32 Å². The number of hydrogen-bond donors (Lipinski definition) is 2. The van der Waals surface area contributed by atoms with Gasteiger partial charge < -0.3 is 10.4 Å². The summed E-state index contributed by atoms with van der Waals surface area (Å²) in [5.74, 6) is 0.708. The van der Waals surface area contributed by atoms with Gasteiger partial charge in [0.2, 0.25) is 0 Å². The van der Waals surface area contributed by atoms with Crippen LogP contribution in [0.3, 0.4) is 0 Å². The minimum atomic E-state index is -0.0608. The van der Waals surface area contributed by atoms with Crippen molar-refractivity contribution in [3.63, 3.8) is 0 Å². The van der Waals surface area contributed by atoms with Crippen LogP contribution in [0.1, 0.15) is 44.2 Å². The van der Waals surface area contributed by atoms with E-state index in [-0.39, 0.29) is 6.10 Å². The molecule has 0 saturated heterocycles. The second-order valence-electron chi connectivity index (χ2n) is 5.47. The molecule has 1 aromatic rings. The summed E-state index contributed by atoms with van der Waals surface area (Å²) in [6, 6.07) is 6.66. The number of halogens is 2. The topological polar surface area (TPSA) is 32.3 Å². The predicted octanol–water partition coefficient (Wildman–Crippen LogP) is 4.41. The van der Waals surface area contributed by atoms with Crippen LogP contribution in [0.25, 0.3) is 0 Å². The highest BCUT2D eigenvalue weighted by Gasteiger charge is 2.20. The van der Waals surface area contributed by atoms with Crippen molar-refractivity contribution < 1.29 is 5.11 Å². The molecule has 0 spiro atoms. The molecule has 1 aliphatic carbocycles. The van der Waals surface area contributed by atoms with E-state index in [0.717, 1.165) is 41.2 Å². The molecule has 0 amide bonds. The van der Waals surface area contributed by atoms with Gasteiger partial charge in [-0.05, 0) is 62.8 Å². The third-order valence-corrected chi connectivity index (χ3v) is 5.14. The van der Waals surface area contributed by atoms with Crippen LogP contribution in [-0.4, -0.2) is 17.8 Å². The Balaban J connectivity index is 1.85. The smallest absolute Gasteiger partial charge is 0.0540 e. The first-order valence-corrected chi connectivity index (χ1v) is 8.51. The van der Waals surface area contributed by atoms with E-state index in [2.05, 4.69) is 62.3 Å². The van der Waals surface area contributed by atoms with Crippen LogP contribution in [0.4, 0.5) is 0 Å². The van der Waals surface area contributed by atoms with Crippen molar-refractivity contribution in [3.8, 4) is 0 Å². The molecule has 19 heavy (non-hydrogen) atoms. The van der Waals surface area contributed by atoms with E-state index in [4.69, 9.17) is 0 Å². The Labute approximate surface area is 132 Å². The van der Waals surface area contributed by atoms with Crippen molar-refractivity contribution in [2.45, 2.75) is 44.8 Å². The molecule has 1 aliphatic rings. The molecule has 4 heteroatoms.